The molecule has 0 aromatic heterocycles. The van der Waals surface area contributed by atoms with Gasteiger partial charge in [0.1, 0.15) is 0 Å². The molecule has 2 unspecified atom stereocenters. The lowest BCUT2D eigenvalue weighted by atomic mass is 9.91. The zero-order chi connectivity index (χ0) is 12.4. The van der Waals surface area contributed by atoms with Crippen LogP contribution in [-0.2, 0) is 0 Å². The van der Waals surface area contributed by atoms with E-state index in [-0.39, 0.29) is 17.8 Å². The number of rotatable bonds is 2. The van der Waals surface area contributed by atoms with Crippen molar-refractivity contribution in [1.29, 1.82) is 0 Å². The third-order valence-electron chi connectivity index (χ3n) is 3.07. The van der Waals surface area contributed by atoms with E-state index in [1.807, 2.05) is 0 Å². The SMILES string of the molecule is NC1CCCC(Nc2cc(F)c(F)c(F)c2)C1. The molecule has 1 aliphatic carbocycles. The van der Waals surface area contributed by atoms with Crippen LogP contribution < -0.4 is 11.1 Å². The van der Waals surface area contributed by atoms with Gasteiger partial charge < -0.3 is 11.1 Å². The zero-order valence-corrected chi connectivity index (χ0v) is 9.35. The highest BCUT2D eigenvalue weighted by Gasteiger charge is 2.20. The highest BCUT2D eigenvalue weighted by molar-refractivity contribution is 5.45. The second-order valence-corrected chi connectivity index (χ2v) is 4.52. The van der Waals surface area contributed by atoms with E-state index in [1.54, 1.807) is 0 Å². The quantitative estimate of drug-likeness (QED) is 0.785. The van der Waals surface area contributed by atoms with Gasteiger partial charge in [0, 0.05) is 29.9 Å². The topological polar surface area (TPSA) is 38.0 Å². The molecule has 1 saturated carbocycles. The molecule has 0 aliphatic heterocycles. The Morgan fingerprint density at radius 1 is 1.12 bits per heavy atom. The van der Waals surface area contributed by atoms with Crippen molar-refractivity contribution in [3.05, 3.63) is 29.6 Å². The molecule has 1 aromatic carbocycles. The molecule has 94 valence electrons. The van der Waals surface area contributed by atoms with Crippen LogP contribution in [0.3, 0.4) is 0 Å². The van der Waals surface area contributed by atoms with Crippen LogP contribution in [0.4, 0.5) is 18.9 Å². The van der Waals surface area contributed by atoms with Crippen molar-refractivity contribution in [1.82, 2.24) is 0 Å². The first kappa shape index (κ1) is 12.2. The van der Waals surface area contributed by atoms with Crippen LogP contribution in [0.1, 0.15) is 25.7 Å². The van der Waals surface area contributed by atoms with Crippen LogP contribution in [0.15, 0.2) is 12.1 Å². The second kappa shape index (κ2) is 4.96. The van der Waals surface area contributed by atoms with Gasteiger partial charge in [-0.1, -0.05) is 0 Å². The monoisotopic (exact) mass is 244 g/mol. The van der Waals surface area contributed by atoms with Crippen LogP contribution in [0.2, 0.25) is 0 Å². The Kier molecular flexibility index (Phi) is 3.57. The van der Waals surface area contributed by atoms with E-state index in [1.165, 1.54) is 0 Å². The number of halogens is 3. The summed E-state index contributed by atoms with van der Waals surface area (Å²) in [5.41, 5.74) is 6.08. The summed E-state index contributed by atoms with van der Waals surface area (Å²) in [5, 5.41) is 2.99. The first-order valence-electron chi connectivity index (χ1n) is 5.73. The van der Waals surface area contributed by atoms with E-state index in [9.17, 15) is 13.2 Å². The average Bonchev–Trinajstić information content (AvgIpc) is 2.26. The second-order valence-electron chi connectivity index (χ2n) is 4.52. The number of nitrogens with one attached hydrogen (secondary N) is 1. The number of nitrogens with two attached hydrogens (primary N) is 1. The molecule has 1 aliphatic rings. The summed E-state index contributed by atoms with van der Waals surface area (Å²) < 4.78 is 38.7. The van der Waals surface area contributed by atoms with Gasteiger partial charge in [-0.25, -0.2) is 13.2 Å². The molecule has 0 spiro atoms. The van der Waals surface area contributed by atoms with Crippen molar-refractivity contribution in [2.45, 2.75) is 37.8 Å². The molecule has 2 nitrogen and oxygen atoms in total. The zero-order valence-electron chi connectivity index (χ0n) is 9.35. The molecule has 1 aromatic rings. The van der Waals surface area contributed by atoms with Gasteiger partial charge in [-0.3, -0.25) is 0 Å². The van der Waals surface area contributed by atoms with Gasteiger partial charge in [-0.15, -0.1) is 0 Å². The van der Waals surface area contributed by atoms with Gasteiger partial charge >= 0.3 is 0 Å². The summed E-state index contributed by atoms with van der Waals surface area (Å²) in [4.78, 5) is 0. The van der Waals surface area contributed by atoms with Gasteiger partial charge in [0.15, 0.2) is 17.5 Å². The minimum absolute atomic E-state index is 0.100. The molecule has 0 heterocycles. The number of hydrogen-bond donors (Lipinski definition) is 2. The molecule has 2 atom stereocenters. The molecule has 1 fully saturated rings. The minimum atomic E-state index is -1.43. The molecule has 5 heteroatoms. The predicted octanol–water partition coefficient (Wildman–Crippen LogP) is 2.79. The number of anilines is 1. The van der Waals surface area contributed by atoms with E-state index in [4.69, 9.17) is 5.73 Å². The van der Waals surface area contributed by atoms with Crippen LogP contribution >= 0.6 is 0 Å². The van der Waals surface area contributed by atoms with Crippen molar-refractivity contribution in [3.63, 3.8) is 0 Å². The lowest BCUT2D eigenvalue weighted by molar-refractivity contribution is 0.408. The summed E-state index contributed by atoms with van der Waals surface area (Å²) in [5.74, 6) is -3.78. The molecule has 0 saturated heterocycles. The van der Waals surface area contributed by atoms with Gasteiger partial charge in [-0.05, 0) is 25.7 Å². The van der Waals surface area contributed by atoms with E-state index >= 15 is 0 Å². The number of hydrogen-bond acceptors (Lipinski definition) is 2. The van der Waals surface area contributed by atoms with Gasteiger partial charge in [0.2, 0.25) is 0 Å². The first-order valence-corrected chi connectivity index (χ1v) is 5.73. The fourth-order valence-electron chi connectivity index (χ4n) is 2.23. The lowest BCUT2D eigenvalue weighted by Gasteiger charge is -2.28. The Morgan fingerprint density at radius 3 is 2.35 bits per heavy atom. The third kappa shape index (κ3) is 2.91. The Morgan fingerprint density at radius 2 is 1.76 bits per heavy atom. The highest BCUT2D eigenvalue weighted by Crippen LogP contribution is 2.23. The largest absolute Gasteiger partial charge is 0.382 e. The molecule has 0 amide bonds. The van der Waals surface area contributed by atoms with Crippen molar-refractivity contribution < 1.29 is 13.2 Å². The molecular weight excluding hydrogens is 229 g/mol. The maximum absolute atomic E-state index is 13.0. The van der Waals surface area contributed by atoms with E-state index in [0.717, 1.165) is 37.8 Å². The normalized spacial score (nSPS) is 24.7. The van der Waals surface area contributed by atoms with Gasteiger partial charge in [0.25, 0.3) is 0 Å². The fraction of sp³-hybridized carbons (Fsp3) is 0.500. The third-order valence-corrected chi connectivity index (χ3v) is 3.07. The summed E-state index contributed by atoms with van der Waals surface area (Å²) in [6.45, 7) is 0. The van der Waals surface area contributed by atoms with Crippen LogP contribution in [0.25, 0.3) is 0 Å². The Bertz CT molecular complexity index is 386. The van der Waals surface area contributed by atoms with Crippen LogP contribution in [0, 0.1) is 17.5 Å². The summed E-state index contributed by atoms with van der Waals surface area (Å²) in [6.07, 6.45) is 3.64. The average molecular weight is 244 g/mol. The summed E-state index contributed by atoms with van der Waals surface area (Å²) >= 11 is 0. The van der Waals surface area contributed by atoms with Gasteiger partial charge in [0.05, 0.1) is 0 Å². The fourth-order valence-corrected chi connectivity index (χ4v) is 2.23. The van der Waals surface area contributed by atoms with E-state index < -0.39 is 17.5 Å². The highest BCUT2D eigenvalue weighted by atomic mass is 19.2. The Labute approximate surface area is 98.0 Å². The maximum Gasteiger partial charge on any atom is 0.194 e. The van der Waals surface area contributed by atoms with E-state index in [0.29, 0.717) is 0 Å². The first-order chi connectivity index (χ1) is 8.06. The van der Waals surface area contributed by atoms with Crippen LogP contribution in [0.5, 0.6) is 0 Å². The predicted molar refractivity (Wildman–Crippen MR) is 60.2 cm³/mol. The summed E-state index contributed by atoms with van der Waals surface area (Å²) in [6, 6.07) is 2.16. The lowest BCUT2D eigenvalue weighted by Crippen LogP contribution is -2.34. The molecule has 0 bridgehead atoms. The molecule has 0 radical (unpaired) electrons. The minimum Gasteiger partial charge on any atom is -0.382 e. The smallest absolute Gasteiger partial charge is 0.194 e. The van der Waals surface area contributed by atoms with Crippen molar-refractivity contribution >= 4 is 5.69 Å². The van der Waals surface area contributed by atoms with Crippen molar-refractivity contribution in [2.24, 2.45) is 5.73 Å². The summed E-state index contributed by atoms with van der Waals surface area (Å²) in [7, 11) is 0. The molecular formula is C12H15F3N2. The van der Waals surface area contributed by atoms with Crippen molar-refractivity contribution in [2.75, 3.05) is 5.32 Å². The number of benzene rings is 1. The van der Waals surface area contributed by atoms with Gasteiger partial charge in [-0.2, -0.15) is 0 Å². The van der Waals surface area contributed by atoms with Crippen LogP contribution in [-0.4, -0.2) is 12.1 Å². The maximum atomic E-state index is 13.0. The molecule has 3 N–H and O–H groups in total. The standard InChI is InChI=1S/C12H15F3N2/c13-10-5-9(6-11(14)12(10)15)17-8-3-1-2-7(16)4-8/h5-8,17H,1-4,16H2. The molecule has 2 rings (SSSR count). The molecule has 17 heavy (non-hydrogen) atoms. The van der Waals surface area contributed by atoms with Crippen molar-refractivity contribution in [3.8, 4) is 0 Å². The Hall–Kier alpha value is -1.23. The van der Waals surface area contributed by atoms with E-state index in [2.05, 4.69) is 5.32 Å². The Balaban J connectivity index is 2.08.